The maximum absolute atomic E-state index is 14.9. The predicted molar refractivity (Wildman–Crippen MR) is 153 cm³/mol. The van der Waals surface area contributed by atoms with E-state index in [0.717, 1.165) is 42.5 Å². The highest BCUT2D eigenvalue weighted by atomic mass is 19.1. The van der Waals surface area contributed by atoms with Crippen LogP contribution in [0.5, 0.6) is 0 Å². The molecule has 2 aliphatic rings. The number of amides is 1. The fraction of sp³-hybridized carbons (Fsp3) is 0.400. The first kappa shape index (κ1) is 26.4. The second-order valence-corrected chi connectivity index (χ2v) is 12.1. The Morgan fingerprint density at radius 2 is 1.95 bits per heavy atom. The van der Waals surface area contributed by atoms with Gasteiger partial charge in [0.2, 0.25) is 5.82 Å². The Morgan fingerprint density at radius 1 is 1.14 bits per heavy atom. The fourth-order valence-electron chi connectivity index (χ4n) is 5.10. The van der Waals surface area contributed by atoms with Gasteiger partial charge in [-0.3, -0.25) is 9.48 Å². The Hall–Kier alpha value is -4.45. The van der Waals surface area contributed by atoms with E-state index < -0.39 is 11.4 Å². The van der Waals surface area contributed by atoms with Crippen molar-refractivity contribution in [1.29, 1.82) is 0 Å². The topological polar surface area (TPSA) is 128 Å². The molecule has 0 saturated heterocycles. The lowest BCUT2D eigenvalue weighted by Crippen LogP contribution is -2.21. The molecule has 7 rings (SSSR count). The van der Waals surface area contributed by atoms with Crippen LogP contribution in [0.4, 0.5) is 10.1 Å². The average molecular weight is 570 g/mol. The number of carbonyl (C=O) groups is 1. The summed E-state index contributed by atoms with van der Waals surface area (Å²) in [5, 5.41) is 34.8. The predicted octanol–water partition coefficient (Wildman–Crippen LogP) is 4.92. The third kappa shape index (κ3) is 5.18. The van der Waals surface area contributed by atoms with Crippen molar-refractivity contribution in [3.8, 4) is 22.5 Å². The van der Waals surface area contributed by atoms with Crippen LogP contribution in [-0.4, -0.2) is 56.2 Å². The minimum Gasteiger partial charge on any atom is -0.390 e. The number of fused-ring (bicyclic) bond motifs is 1. The largest absolute Gasteiger partial charge is 0.390 e. The second kappa shape index (κ2) is 9.83. The lowest BCUT2D eigenvalue weighted by atomic mass is 10.0. The maximum Gasteiger partial charge on any atom is 0.259 e. The van der Waals surface area contributed by atoms with Gasteiger partial charge in [-0.2, -0.15) is 15.0 Å². The molecular formula is C30H32FN9O2. The van der Waals surface area contributed by atoms with Crippen molar-refractivity contribution in [2.24, 2.45) is 0 Å². The van der Waals surface area contributed by atoms with Crippen LogP contribution in [0.1, 0.15) is 79.5 Å². The molecule has 11 nitrogen and oxygen atoms in total. The highest BCUT2D eigenvalue weighted by Crippen LogP contribution is 2.44. The molecule has 4 heterocycles. The van der Waals surface area contributed by atoms with Gasteiger partial charge in [-0.05, 0) is 93.5 Å². The van der Waals surface area contributed by atoms with Crippen molar-refractivity contribution in [3.63, 3.8) is 0 Å². The van der Waals surface area contributed by atoms with Crippen molar-refractivity contribution in [2.45, 2.75) is 77.0 Å². The molecule has 4 aromatic heterocycles. The summed E-state index contributed by atoms with van der Waals surface area (Å²) in [6.07, 6.45) is 10.2. The van der Waals surface area contributed by atoms with E-state index in [0.29, 0.717) is 41.2 Å². The molecule has 216 valence electrons. The molecule has 0 aliphatic heterocycles. The molecule has 5 aromatic rings. The number of hydrogen-bond acceptors (Lipinski definition) is 7. The first-order chi connectivity index (χ1) is 20.1. The van der Waals surface area contributed by atoms with Crippen LogP contribution in [0.25, 0.3) is 28.0 Å². The van der Waals surface area contributed by atoms with E-state index in [1.807, 2.05) is 29.2 Å². The van der Waals surface area contributed by atoms with E-state index in [9.17, 15) is 14.3 Å². The molecule has 2 aliphatic carbocycles. The van der Waals surface area contributed by atoms with Crippen LogP contribution in [-0.2, 0) is 6.54 Å². The van der Waals surface area contributed by atoms with Crippen molar-refractivity contribution in [1.82, 2.24) is 39.6 Å². The number of carbonyl (C=O) groups excluding carboxylic acids is 1. The van der Waals surface area contributed by atoms with Crippen LogP contribution in [0.2, 0.25) is 0 Å². The molecule has 12 heteroatoms. The number of rotatable bonds is 9. The molecule has 2 saturated carbocycles. The Balaban J connectivity index is 1.18. The summed E-state index contributed by atoms with van der Waals surface area (Å²) >= 11 is 0. The number of halogens is 1. The normalized spacial score (nSPS) is 15.5. The van der Waals surface area contributed by atoms with Gasteiger partial charge in [-0.1, -0.05) is 0 Å². The number of aliphatic hydroxyl groups is 1. The van der Waals surface area contributed by atoms with Crippen LogP contribution in [0.3, 0.4) is 0 Å². The third-order valence-corrected chi connectivity index (χ3v) is 7.89. The molecule has 0 bridgehead atoms. The number of nitrogens with zero attached hydrogens (tertiary/aromatic N) is 8. The standard InChI is InChI=1S/C30H32FN9O2/c1-17-12-24(31)21(28-34-37-40(36-28)20-6-7-20)14-25(17)33-29(41)22-15-32-39-10-8-19(13-26(22)39)23-16-38(11-9-30(2,3)42)35-27(23)18-4-5-18/h8,10,12-16,18,20,42H,4-7,9,11H2,1-3H3,(H,33,41). The third-order valence-electron chi connectivity index (χ3n) is 7.89. The summed E-state index contributed by atoms with van der Waals surface area (Å²) in [4.78, 5) is 15.1. The summed E-state index contributed by atoms with van der Waals surface area (Å²) in [6, 6.07) is 7.07. The van der Waals surface area contributed by atoms with Gasteiger partial charge in [-0.25, -0.2) is 8.91 Å². The molecule has 0 unspecified atom stereocenters. The van der Waals surface area contributed by atoms with Crippen LogP contribution in [0, 0.1) is 12.7 Å². The number of pyridine rings is 1. The SMILES string of the molecule is Cc1cc(F)c(-c2nnn(C3CC3)n2)cc1NC(=O)c1cnn2ccc(-c3cn(CCC(C)(C)O)nc3C3CC3)cc12. The quantitative estimate of drug-likeness (QED) is 0.258. The van der Waals surface area contributed by atoms with Gasteiger partial charge in [-0.15, -0.1) is 10.2 Å². The van der Waals surface area contributed by atoms with E-state index in [1.54, 1.807) is 31.4 Å². The Morgan fingerprint density at radius 3 is 2.69 bits per heavy atom. The number of anilines is 1. The zero-order valence-corrected chi connectivity index (χ0v) is 23.7. The molecule has 0 spiro atoms. The lowest BCUT2D eigenvalue weighted by molar-refractivity contribution is 0.0650. The highest BCUT2D eigenvalue weighted by molar-refractivity contribution is 6.09. The van der Waals surface area contributed by atoms with Gasteiger partial charge < -0.3 is 10.4 Å². The number of aromatic nitrogens is 8. The van der Waals surface area contributed by atoms with Gasteiger partial charge in [0.05, 0.1) is 40.2 Å². The smallest absolute Gasteiger partial charge is 0.259 e. The van der Waals surface area contributed by atoms with E-state index in [4.69, 9.17) is 5.10 Å². The summed E-state index contributed by atoms with van der Waals surface area (Å²) in [5.74, 6) is -0.231. The zero-order valence-electron chi connectivity index (χ0n) is 23.7. The Bertz CT molecular complexity index is 1820. The minimum atomic E-state index is -0.778. The van der Waals surface area contributed by atoms with Gasteiger partial charge in [0.25, 0.3) is 5.91 Å². The van der Waals surface area contributed by atoms with Crippen molar-refractivity contribution >= 4 is 17.1 Å². The van der Waals surface area contributed by atoms with E-state index in [2.05, 4.69) is 25.8 Å². The molecule has 1 amide bonds. The number of hydrogen-bond donors (Lipinski definition) is 2. The van der Waals surface area contributed by atoms with Crippen molar-refractivity contribution in [3.05, 3.63) is 65.5 Å². The fourth-order valence-corrected chi connectivity index (χ4v) is 5.10. The summed E-state index contributed by atoms with van der Waals surface area (Å²) in [7, 11) is 0. The highest BCUT2D eigenvalue weighted by Gasteiger charge is 2.30. The molecular weight excluding hydrogens is 537 g/mol. The van der Waals surface area contributed by atoms with Gasteiger partial charge in [0, 0.05) is 36.1 Å². The van der Waals surface area contributed by atoms with Gasteiger partial charge in [0.1, 0.15) is 5.82 Å². The number of nitrogens with one attached hydrogen (secondary N) is 1. The molecule has 2 fully saturated rings. The molecule has 2 N–H and O–H groups in total. The van der Waals surface area contributed by atoms with E-state index >= 15 is 0 Å². The van der Waals surface area contributed by atoms with Crippen LogP contribution in [0.15, 0.2) is 42.9 Å². The van der Waals surface area contributed by atoms with Crippen LogP contribution >= 0.6 is 0 Å². The summed E-state index contributed by atoms with van der Waals surface area (Å²) in [5.41, 5.74) is 4.48. The van der Waals surface area contributed by atoms with E-state index in [1.165, 1.54) is 17.1 Å². The second-order valence-electron chi connectivity index (χ2n) is 12.1. The lowest BCUT2D eigenvalue weighted by Gasteiger charge is -2.16. The number of benzene rings is 1. The monoisotopic (exact) mass is 569 g/mol. The Labute approximate surface area is 241 Å². The Kier molecular flexibility index (Phi) is 6.19. The summed E-state index contributed by atoms with van der Waals surface area (Å²) in [6.45, 7) is 5.94. The van der Waals surface area contributed by atoms with Gasteiger partial charge >= 0.3 is 0 Å². The van der Waals surface area contributed by atoms with Crippen molar-refractivity contribution < 1.29 is 14.3 Å². The van der Waals surface area contributed by atoms with Crippen molar-refractivity contribution in [2.75, 3.05) is 5.32 Å². The first-order valence-electron chi connectivity index (χ1n) is 14.3. The maximum atomic E-state index is 14.9. The zero-order chi connectivity index (χ0) is 29.2. The molecule has 1 aromatic carbocycles. The number of aryl methyl sites for hydroxylation is 2. The molecule has 42 heavy (non-hydrogen) atoms. The minimum absolute atomic E-state index is 0.180. The van der Waals surface area contributed by atoms with Gasteiger partial charge in [0.15, 0.2) is 0 Å². The molecule has 0 radical (unpaired) electrons. The van der Waals surface area contributed by atoms with E-state index in [-0.39, 0.29) is 23.3 Å². The summed E-state index contributed by atoms with van der Waals surface area (Å²) < 4.78 is 18.5. The number of tetrazole rings is 1. The molecule has 0 atom stereocenters. The average Bonchev–Trinajstić information content (AvgIpc) is 3.84. The first-order valence-corrected chi connectivity index (χ1v) is 14.3. The van der Waals surface area contributed by atoms with Crippen LogP contribution < -0.4 is 5.32 Å².